The highest BCUT2D eigenvalue weighted by Gasteiger charge is 2.24. The van der Waals surface area contributed by atoms with Crippen molar-refractivity contribution < 1.29 is 0 Å². The molecule has 3 nitrogen and oxygen atoms in total. The van der Waals surface area contributed by atoms with Gasteiger partial charge in [0.2, 0.25) is 5.13 Å². The van der Waals surface area contributed by atoms with E-state index in [0.717, 1.165) is 22.6 Å². The molecule has 1 N–H and O–H groups in total. The molecule has 1 fully saturated rings. The molecule has 0 aliphatic heterocycles. The fourth-order valence-electron chi connectivity index (χ4n) is 2.22. The van der Waals surface area contributed by atoms with Gasteiger partial charge in [0, 0.05) is 29.2 Å². The van der Waals surface area contributed by atoms with Crippen molar-refractivity contribution in [2.75, 3.05) is 11.6 Å². The molecule has 17 heavy (non-hydrogen) atoms. The molecule has 96 valence electrons. The lowest BCUT2D eigenvalue weighted by atomic mass is 10.1. The molecule has 0 amide bonds. The molecule has 5 heteroatoms. The van der Waals surface area contributed by atoms with Crippen molar-refractivity contribution in [2.45, 2.75) is 50.8 Å². The lowest BCUT2D eigenvalue weighted by Crippen LogP contribution is -2.15. The first-order valence-electron chi connectivity index (χ1n) is 6.29. The van der Waals surface area contributed by atoms with Gasteiger partial charge in [-0.05, 0) is 31.4 Å². The average Bonchev–Trinajstić information content (AvgIpc) is 2.88. The van der Waals surface area contributed by atoms with Gasteiger partial charge in [0.1, 0.15) is 5.82 Å². The first kappa shape index (κ1) is 13.1. The van der Waals surface area contributed by atoms with E-state index < -0.39 is 0 Å². The number of nitrogens with zero attached hydrogens (tertiary/aromatic N) is 2. The molecule has 0 aromatic carbocycles. The molecule has 2 atom stereocenters. The van der Waals surface area contributed by atoms with Crippen LogP contribution < -0.4 is 5.32 Å². The van der Waals surface area contributed by atoms with Gasteiger partial charge in [0.25, 0.3) is 0 Å². The van der Waals surface area contributed by atoms with Crippen LogP contribution >= 0.6 is 23.3 Å². The number of nitrogens with one attached hydrogen (secondary N) is 1. The molecule has 0 spiro atoms. The van der Waals surface area contributed by atoms with E-state index >= 15 is 0 Å². The van der Waals surface area contributed by atoms with Crippen LogP contribution in [0.4, 0.5) is 5.13 Å². The summed E-state index contributed by atoms with van der Waals surface area (Å²) >= 11 is 3.50. The fourth-order valence-corrected chi connectivity index (χ4v) is 3.69. The predicted octanol–water partition coefficient (Wildman–Crippen LogP) is 3.43. The van der Waals surface area contributed by atoms with Crippen LogP contribution in [0.15, 0.2) is 0 Å². The van der Waals surface area contributed by atoms with Crippen LogP contribution in [0.5, 0.6) is 0 Å². The van der Waals surface area contributed by atoms with E-state index in [0.29, 0.717) is 12.0 Å². The first-order chi connectivity index (χ1) is 8.17. The second-order valence-corrected chi connectivity index (χ2v) is 7.02. The van der Waals surface area contributed by atoms with E-state index in [2.05, 4.69) is 34.8 Å². The number of thioether (sulfide) groups is 1. The Kier molecular flexibility index (Phi) is 4.68. The van der Waals surface area contributed by atoms with Crippen molar-refractivity contribution in [1.82, 2.24) is 9.36 Å². The lowest BCUT2D eigenvalue weighted by Gasteiger charge is -2.10. The topological polar surface area (TPSA) is 37.8 Å². The van der Waals surface area contributed by atoms with E-state index in [9.17, 15) is 0 Å². The number of aromatic nitrogens is 2. The summed E-state index contributed by atoms with van der Waals surface area (Å²) in [6.45, 7) is 4.41. The third kappa shape index (κ3) is 3.85. The molecular formula is C12H21N3S2. The molecule has 0 radical (unpaired) electrons. The molecule has 2 unspecified atom stereocenters. The summed E-state index contributed by atoms with van der Waals surface area (Å²) in [5, 5.41) is 5.37. The molecule has 0 saturated heterocycles. The van der Waals surface area contributed by atoms with Crippen molar-refractivity contribution in [1.29, 1.82) is 0 Å². The van der Waals surface area contributed by atoms with E-state index in [-0.39, 0.29) is 0 Å². The van der Waals surface area contributed by atoms with E-state index in [1.807, 2.05) is 11.8 Å². The van der Waals surface area contributed by atoms with Gasteiger partial charge in [-0.2, -0.15) is 16.1 Å². The third-order valence-electron chi connectivity index (χ3n) is 3.10. The van der Waals surface area contributed by atoms with Crippen molar-refractivity contribution in [3.05, 3.63) is 5.82 Å². The maximum Gasteiger partial charge on any atom is 0.202 e. The smallest absolute Gasteiger partial charge is 0.202 e. The minimum atomic E-state index is 0.604. The largest absolute Gasteiger partial charge is 0.358 e. The predicted molar refractivity (Wildman–Crippen MR) is 77.0 cm³/mol. The van der Waals surface area contributed by atoms with Gasteiger partial charge in [-0.15, -0.1) is 0 Å². The Labute approximate surface area is 112 Å². The van der Waals surface area contributed by atoms with Crippen LogP contribution in [0, 0.1) is 5.92 Å². The maximum absolute atomic E-state index is 4.55. The number of anilines is 1. The van der Waals surface area contributed by atoms with Crippen LogP contribution in [-0.4, -0.2) is 26.9 Å². The zero-order chi connectivity index (χ0) is 12.3. The molecule has 1 aliphatic rings. The van der Waals surface area contributed by atoms with Crippen LogP contribution in [0.25, 0.3) is 0 Å². The summed E-state index contributed by atoms with van der Waals surface area (Å²) in [5.41, 5.74) is 0. The van der Waals surface area contributed by atoms with Gasteiger partial charge < -0.3 is 5.32 Å². The Morgan fingerprint density at radius 3 is 2.94 bits per heavy atom. The molecule has 1 heterocycles. The highest BCUT2D eigenvalue weighted by Crippen LogP contribution is 2.30. The molecule has 0 bridgehead atoms. The third-order valence-corrected chi connectivity index (χ3v) is 4.88. The van der Waals surface area contributed by atoms with Crippen LogP contribution in [-0.2, 0) is 6.42 Å². The molecule has 2 rings (SSSR count). The Morgan fingerprint density at radius 1 is 1.47 bits per heavy atom. The highest BCUT2D eigenvalue weighted by molar-refractivity contribution is 7.99. The monoisotopic (exact) mass is 271 g/mol. The SMILES string of the molecule is CSC1CCC(Nc2nc(CC(C)C)ns2)C1. The normalized spacial score (nSPS) is 24.5. The summed E-state index contributed by atoms with van der Waals surface area (Å²) in [6.07, 6.45) is 7.05. The number of hydrogen-bond acceptors (Lipinski definition) is 5. The van der Waals surface area contributed by atoms with Gasteiger partial charge in [0.15, 0.2) is 0 Å². The average molecular weight is 271 g/mol. The standard InChI is InChI=1S/C12H21N3S2/c1-8(2)6-11-14-12(17-15-11)13-9-4-5-10(7-9)16-3/h8-10H,4-7H2,1-3H3,(H,13,14,15). The summed E-state index contributed by atoms with van der Waals surface area (Å²) in [6, 6.07) is 0.604. The Balaban J connectivity index is 1.85. The quantitative estimate of drug-likeness (QED) is 0.890. The summed E-state index contributed by atoms with van der Waals surface area (Å²) in [7, 11) is 0. The van der Waals surface area contributed by atoms with Crippen molar-refractivity contribution >= 4 is 28.4 Å². The molecule has 1 aromatic heterocycles. The van der Waals surface area contributed by atoms with E-state index in [1.54, 1.807) is 0 Å². The Morgan fingerprint density at radius 2 is 2.29 bits per heavy atom. The Hall–Kier alpha value is -0.290. The summed E-state index contributed by atoms with van der Waals surface area (Å²) in [5.74, 6) is 1.62. The maximum atomic E-state index is 4.55. The minimum Gasteiger partial charge on any atom is -0.358 e. The van der Waals surface area contributed by atoms with Crippen LogP contribution in [0.3, 0.4) is 0 Å². The highest BCUT2D eigenvalue weighted by atomic mass is 32.2. The molecule has 1 aromatic rings. The lowest BCUT2D eigenvalue weighted by molar-refractivity contribution is 0.627. The van der Waals surface area contributed by atoms with Gasteiger partial charge in [-0.1, -0.05) is 13.8 Å². The van der Waals surface area contributed by atoms with Crippen molar-refractivity contribution in [3.63, 3.8) is 0 Å². The second kappa shape index (κ2) is 6.05. The Bertz CT molecular complexity index is 351. The number of hydrogen-bond donors (Lipinski definition) is 1. The van der Waals surface area contributed by atoms with Gasteiger partial charge in [-0.25, -0.2) is 4.98 Å². The summed E-state index contributed by atoms with van der Waals surface area (Å²) < 4.78 is 4.40. The molecular weight excluding hydrogens is 250 g/mol. The van der Waals surface area contributed by atoms with Gasteiger partial charge in [-0.3, -0.25) is 0 Å². The van der Waals surface area contributed by atoms with Crippen molar-refractivity contribution in [3.8, 4) is 0 Å². The zero-order valence-electron chi connectivity index (χ0n) is 10.8. The van der Waals surface area contributed by atoms with Crippen LogP contribution in [0.2, 0.25) is 0 Å². The number of rotatable bonds is 5. The van der Waals surface area contributed by atoms with Crippen LogP contribution in [0.1, 0.15) is 38.9 Å². The zero-order valence-corrected chi connectivity index (χ0v) is 12.4. The fraction of sp³-hybridized carbons (Fsp3) is 0.833. The van der Waals surface area contributed by atoms with Crippen molar-refractivity contribution in [2.24, 2.45) is 5.92 Å². The van der Waals surface area contributed by atoms with Gasteiger partial charge in [0.05, 0.1) is 0 Å². The molecule has 1 aliphatic carbocycles. The molecule has 1 saturated carbocycles. The first-order valence-corrected chi connectivity index (χ1v) is 8.35. The van der Waals surface area contributed by atoms with E-state index in [1.165, 1.54) is 30.8 Å². The summed E-state index contributed by atoms with van der Waals surface area (Å²) in [4.78, 5) is 4.55. The van der Waals surface area contributed by atoms with E-state index in [4.69, 9.17) is 0 Å². The van der Waals surface area contributed by atoms with Gasteiger partial charge >= 0.3 is 0 Å². The second-order valence-electron chi connectivity index (χ2n) is 5.13. The minimum absolute atomic E-state index is 0.604.